The van der Waals surface area contributed by atoms with Crippen molar-refractivity contribution in [2.45, 2.75) is 19.3 Å². The lowest BCUT2D eigenvalue weighted by molar-refractivity contribution is 0.810. The summed E-state index contributed by atoms with van der Waals surface area (Å²) in [4.78, 5) is 29.8. The van der Waals surface area contributed by atoms with E-state index in [2.05, 4.69) is 21.1 Å². The van der Waals surface area contributed by atoms with Crippen molar-refractivity contribution in [3.63, 3.8) is 0 Å². The van der Waals surface area contributed by atoms with E-state index >= 15 is 0 Å². The molecule has 0 bridgehead atoms. The lowest BCUT2D eigenvalue weighted by Crippen LogP contribution is -2.28. The van der Waals surface area contributed by atoms with Gasteiger partial charge in [0.1, 0.15) is 0 Å². The topological polar surface area (TPSA) is 85.0 Å². The van der Waals surface area contributed by atoms with E-state index in [4.69, 9.17) is 0 Å². The van der Waals surface area contributed by atoms with Gasteiger partial charge < -0.3 is 0 Å². The molecule has 1 N–H and O–H groups in total. The number of nitrogens with zero attached hydrogens (tertiary/aromatic N) is 4. The summed E-state index contributed by atoms with van der Waals surface area (Å²) >= 11 is 0. The maximum Gasteiger partial charge on any atom is 0.334 e. The van der Waals surface area contributed by atoms with Gasteiger partial charge in [-0.3, -0.25) is 14.3 Å². The van der Waals surface area contributed by atoms with Crippen molar-refractivity contribution in [1.29, 1.82) is 0 Å². The van der Waals surface area contributed by atoms with E-state index in [1.165, 1.54) is 22.4 Å². The molecular weight excluding hydrogens is 282 g/mol. The Morgan fingerprint density at radius 1 is 1.23 bits per heavy atom. The van der Waals surface area contributed by atoms with E-state index in [-0.39, 0.29) is 0 Å². The van der Waals surface area contributed by atoms with Crippen molar-refractivity contribution >= 4 is 11.2 Å². The predicted molar refractivity (Wildman–Crippen MR) is 81.0 cm³/mol. The molecule has 0 atom stereocenters. The van der Waals surface area contributed by atoms with Crippen molar-refractivity contribution < 1.29 is 0 Å². The van der Waals surface area contributed by atoms with Gasteiger partial charge in [0.15, 0.2) is 11.5 Å². The van der Waals surface area contributed by atoms with Crippen LogP contribution in [0.15, 0.2) is 46.4 Å². The average Bonchev–Trinajstić information content (AvgIpc) is 3.17. The Kier molecular flexibility index (Phi) is 2.78. The third-order valence-corrected chi connectivity index (χ3v) is 3.80. The smallest absolute Gasteiger partial charge is 0.274 e. The lowest BCUT2D eigenvalue weighted by atomic mass is 10.1. The molecule has 0 amide bonds. The van der Waals surface area contributed by atoms with Gasteiger partial charge in [0.05, 0.1) is 0 Å². The van der Waals surface area contributed by atoms with Crippen LogP contribution in [0.1, 0.15) is 24.8 Å². The highest BCUT2D eigenvalue weighted by Gasteiger charge is 2.15. The van der Waals surface area contributed by atoms with Crippen molar-refractivity contribution in [2.75, 3.05) is 0 Å². The Hall–Kier alpha value is -2.96. The molecule has 1 aliphatic rings. The minimum atomic E-state index is -0.509. The maximum atomic E-state index is 12.0. The van der Waals surface area contributed by atoms with E-state index < -0.39 is 11.2 Å². The van der Waals surface area contributed by atoms with Gasteiger partial charge in [-0.25, -0.2) is 14.3 Å². The zero-order chi connectivity index (χ0) is 15.1. The third-order valence-electron chi connectivity index (χ3n) is 3.80. The highest BCUT2D eigenvalue weighted by Crippen LogP contribution is 2.30. The largest absolute Gasteiger partial charge is 0.334 e. The molecule has 3 aromatic rings. The number of H-pyrrole nitrogens is 1. The summed E-state index contributed by atoms with van der Waals surface area (Å²) < 4.78 is 2.97. The number of aromatic amines is 1. The number of nitrogens with one attached hydrogen (secondary N) is 1. The van der Waals surface area contributed by atoms with Crippen LogP contribution in [0.5, 0.6) is 0 Å². The Balaban J connectivity index is 1.99. The third kappa shape index (κ3) is 1.98. The highest BCUT2D eigenvalue weighted by molar-refractivity contribution is 5.77. The quantitative estimate of drug-likeness (QED) is 0.768. The van der Waals surface area contributed by atoms with Crippen LogP contribution in [0.3, 0.4) is 0 Å². The molecule has 22 heavy (non-hydrogen) atoms. The summed E-state index contributed by atoms with van der Waals surface area (Å²) in [5.74, 6) is 0.453. The number of allylic oxidation sites excluding steroid dienone is 2. The Bertz CT molecular complexity index is 1010. The second-order valence-corrected chi connectivity index (χ2v) is 5.21. The number of fused-ring (bicyclic) bond motifs is 1. The fourth-order valence-corrected chi connectivity index (χ4v) is 2.77. The Labute approximate surface area is 124 Å². The van der Waals surface area contributed by atoms with Gasteiger partial charge in [-0.1, -0.05) is 6.08 Å². The standard InChI is InChI=1S/C15H13N5O2/c21-13-5-7-19(15(22)17-13)12-9-11(10-3-1-2-4-10)14-16-6-8-20(14)18-12/h3,5-9H,1-2,4H2,(H,17,21,22). The first-order valence-corrected chi connectivity index (χ1v) is 7.08. The molecule has 4 rings (SSSR count). The molecule has 0 unspecified atom stereocenters. The van der Waals surface area contributed by atoms with Crippen LogP contribution >= 0.6 is 0 Å². The molecule has 0 aromatic carbocycles. The van der Waals surface area contributed by atoms with E-state index in [9.17, 15) is 9.59 Å². The maximum absolute atomic E-state index is 12.0. The van der Waals surface area contributed by atoms with Crippen molar-refractivity contribution in [1.82, 2.24) is 24.1 Å². The normalized spacial score (nSPS) is 14.5. The van der Waals surface area contributed by atoms with Gasteiger partial charge in [-0.05, 0) is 30.9 Å². The molecule has 3 aromatic heterocycles. The molecule has 0 fully saturated rings. The second kappa shape index (κ2) is 4.80. The number of imidazole rings is 1. The highest BCUT2D eigenvalue weighted by atomic mass is 16.2. The monoisotopic (exact) mass is 295 g/mol. The van der Waals surface area contributed by atoms with E-state index in [1.54, 1.807) is 16.9 Å². The number of rotatable bonds is 2. The summed E-state index contributed by atoms with van der Waals surface area (Å²) in [5, 5.41) is 4.40. The molecule has 110 valence electrons. The Morgan fingerprint density at radius 2 is 2.14 bits per heavy atom. The first-order valence-electron chi connectivity index (χ1n) is 7.08. The molecule has 3 heterocycles. The first-order chi connectivity index (χ1) is 10.7. The zero-order valence-electron chi connectivity index (χ0n) is 11.7. The van der Waals surface area contributed by atoms with E-state index in [1.807, 2.05) is 6.07 Å². The fourth-order valence-electron chi connectivity index (χ4n) is 2.77. The van der Waals surface area contributed by atoms with Gasteiger partial charge in [0.2, 0.25) is 0 Å². The molecule has 1 aliphatic carbocycles. The second-order valence-electron chi connectivity index (χ2n) is 5.21. The average molecular weight is 295 g/mol. The first kappa shape index (κ1) is 12.8. The molecule has 0 radical (unpaired) electrons. The van der Waals surface area contributed by atoms with Gasteiger partial charge in [0, 0.05) is 30.2 Å². The van der Waals surface area contributed by atoms with Gasteiger partial charge >= 0.3 is 5.69 Å². The molecule has 0 aliphatic heterocycles. The zero-order valence-corrected chi connectivity index (χ0v) is 11.7. The van der Waals surface area contributed by atoms with Crippen LogP contribution in [-0.4, -0.2) is 24.1 Å². The summed E-state index contributed by atoms with van der Waals surface area (Å²) in [7, 11) is 0. The summed E-state index contributed by atoms with van der Waals surface area (Å²) in [5.41, 5.74) is 2.03. The fraction of sp³-hybridized carbons (Fsp3) is 0.200. The molecule has 7 heteroatoms. The van der Waals surface area contributed by atoms with Crippen molar-refractivity contribution in [2.24, 2.45) is 0 Å². The number of hydrogen-bond donors (Lipinski definition) is 1. The molecular formula is C15H13N5O2. The molecule has 0 spiro atoms. The van der Waals surface area contributed by atoms with Gasteiger partial charge in [-0.15, -0.1) is 5.10 Å². The van der Waals surface area contributed by atoms with Crippen molar-refractivity contribution in [3.05, 3.63) is 63.2 Å². The summed E-state index contributed by atoms with van der Waals surface area (Å²) in [6.07, 6.45) is 10.2. The molecule has 0 saturated carbocycles. The minimum absolute atomic E-state index is 0.427. The Morgan fingerprint density at radius 3 is 2.91 bits per heavy atom. The van der Waals surface area contributed by atoms with Crippen LogP contribution in [-0.2, 0) is 0 Å². The van der Waals surface area contributed by atoms with Crippen LogP contribution < -0.4 is 11.2 Å². The van der Waals surface area contributed by atoms with Crippen LogP contribution in [0.25, 0.3) is 17.0 Å². The van der Waals surface area contributed by atoms with Crippen LogP contribution in [0, 0.1) is 0 Å². The van der Waals surface area contributed by atoms with Crippen molar-refractivity contribution in [3.8, 4) is 5.82 Å². The van der Waals surface area contributed by atoms with Gasteiger partial charge in [-0.2, -0.15) is 0 Å². The number of aromatic nitrogens is 5. The van der Waals surface area contributed by atoms with E-state index in [0.717, 1.165) is 30.5 Å². The predicted octanol–water partition coefficient (Wildman–Crippen LogP) is 1.14. The molecule has 0 saturated heterocycles. The number of hydrogen-bond acceptors (Lipinski definition) is 4. The van der Waals surface area contributed by atoms with Gasteiger partial charge in [0.25, 0.3) is 5.56 Å². The van der Waals surface area contributed by atoms with E-state index in [0.29, 0.717) is 5.82 Å². The summed E-state index contributed by atoms with van der Waals surface area (Å²) in [6.45, 7) is 0. The van der Waals surface area contributed by atoms with Crippen LogP contribution in [0.4, 0.5) is 0 Å². The minimum Gasteiger partial charge on any atom is -0.274 e. The summed E-state index contributed by atoms with van der Waals surface area (Å²) in [6, 6.07) is 3.15. The lowest BCUT2D eigenvalue weighted by Gasteiger charge is -2.09. The van der Waals surface area contributed by atoms with Crippen LogP contribution in [0.2, 0.25) is 0 Å². The molecule has 7 nitrogen and oxygen atoms in total. The SMILES string of the molecule is O=c1ccn(-c2cc(C3=CCCC3)c3nccn3n2)c(=O)[nH]1.